The lowest BCUT2D eigenvalue weighted by atomic mass is 10.3. The molecule has 0 radical (unpaired) electrons. The van der Waals surface area contributed by atoms with Crippen molar-refractivity contribution in [1.82, 2.24) is 15.5 Å². The lowest BCUT2D eigenvalue weighted by Crippen LogP contribution is -2.20. The molecule has 0 spiro atoms. The van der Waals surface area contributed by atoms with Gasteiger partial charge in [-0.25, -0.2) is 0 Å². The summed E-state index contributed by atoms with van der Waals surface area (Å²) in [5.74, 6) is 1.73. The number of aromatic nitrogens is 2. The van der Waals surface area contributed by atoms with Gasteiger partial charge in [-0.15, -0.1) is 0 Å². The SMILES string of the molecule is c1nc(CCNCC2CC2)no1. The summed E-state index contributed by atoms with van der Waals surface area (Å²) >= 11 is 0. The second-order valence-electron chi connectivity index (χ2n) is 3.24. The van der Waals surface area contributed by atoms with Gasteiger partial charge in [0.05, 0.1) is 0 Å². The van der Waals surface area contributed by atoms with Gasteiger partial charge < -0.3 is 9.84 Å². The Morgan fingerprint density at radius 2 is 2.50 bits per heavy atom. The Kier molecular flexibility index (Phi) is 2.36. The van der Waals surface area contributed by atoms with Crippen LogP contribution in [0, 0.1) is 5.92 Å². The Morgan fingerprint density at radius 3 is 3.17 bits per heavy atom. The van der Waals surface area contributed by atoms with Crippen LogP contribution in [-0.2, 0) is 6.42 Å². The van der Waals surface area contributed by atoms with Crippen LogP contribution in [0.25, 0.3) is 0 Å². The molecule has 0 unspecified atom stereocenters. The maximum Gasteiger partial charge on any atom is 0.213 e. The summed E-state index contributed by atoms with van der Waals surface area (Å²) in [6, 6.07) is 0. The summed E-state index contributed by atoms with van der Waals surface area (Å²) in [5, 5.41) is 7.09. The van der Waals surface area contributed by atoms with Gasteiger partial charge in [0.1, 0.15) is 0 Å². The molecule has 0 bridgehead atoms. The predicted octanol–water partition coefficient (Wildman–Crippen LogP) is 0.612. The highest BCUT2D eigenvalue weighted by molar-refractivity contribution is 4.80. The molecule has 1 N–H and O–H groups in total. The number of hydrogen-bond acceptors (Lipinski definition) is 4. The van der Waals surface area contributed by atoms with Gasteiger partial charge in [-0.3, -0.25) is 0 Å². The molecule has 66 valence electrons. The monoisotopic (exact) mass is 167 g/mol. The van der Waals surface area contributed by atoms with Crippen LogP contribution in [0.4, 0.5) is 0 Å². The van der Waals surface area contributed by atoms with E-state index < -0.39 is 0 Å². The van der Waals surface area contributed by atoms with Crippen molar-refractivity contribution in [3.8, 4) is 0 Å². The lowest BCUT2D eigenvalue weighted by Gasteiger charge is -1.99. The summed E-state index contributed by atoms with van der Waals surface area (Å²) < 4.78 is 4.62. The molecular formula is C8H13N3O. The first kappa shape index (κ1) is 7.73. The van der Waals surface area contributed by atoms with Crippen LogP contribution in [0.1, 0.15) is 18.7 Å². The molecule has 1 saturated carbocycles. The van der Waals surface area contributed by atoms with Gasteiger partial charge in [0.25, 0.3) is 0 Å². The molecule has 0 amide bonds. The summed E-state index contributed by atoms with van der Waals surface area (Å²) in [6.45, 7) is 2.11. The van der Waals surface area contributed by atoms with Gasteiger partial charge in [0.15, 0.2) is 5.82 Å². The zero-order valence-corrected chi connectivity index (χ0v) is 6.99. The molecule has 0 aromatic carbocycles. The molecule has 4 heteroatoms. The normalized spacial score (nSPS) is 16.7. The van der Waals surface area contributed by atoms with Crippen LogP contribution in [0.5, 0.6) is 0 Å². The standard InChI is InChI=1S/C8H13N3O/c1-2-7(1)5-9-4-3-8-10-6-12-11-8/h6-7,9H,1-5H2. The van der Waals surface area contributed by atoms with Crippen molar-refractivity contribution >= 4 is 0 Å². The first-order valence-electron chi connectivity index (χ1n) is 4.41. The van der Waals surface area contributed by atoms with E-state index in [2.05, 4.69) is 20.0 Å². The quantitative estimate of drug-likeness (QED) is 0.653. The maximum absolute atomic E-state index is 4.62. The number of rotatable bonds is 5. The molecular weight excluding hydrogens is 154 g/mol. The fraction of sp³-hybridized carbons (Fsp3) is 0.750. The molecule has 1 heterocycles. The van der Waals surface area contributed by atoms with Crippen molar-refractivity contribution in [2.75, 3.05) is 13.1 Å². The smallest absolute Gasteiger partial charge is 0.213 e. The van der Waals surface area contributed by atoms with Crippen LogP contribution in [0.2, 0.25) is 0 Å². The molecule has 12 heavy (non-hydrogen) atoms. The molecule has 1 aromatic heterocycles. The zero-order chi connectivity index (χ0) is 8.23. The van der Waals surface area contributed by atoms with Gasteiger partial charge >= 0.3 is 0 Å². The van der Waals surface area contributed by atoms with Crippen LogP contribution in [0.3, 0.4) is 0 Å². The van der Waals surface area contributed by atoms with Gasteiger partial charge in [0, 0.05) is 13.0 Å². The Labute approximate surface area is 71.4 Å². The first-order valence-corrected chi connectivity index (χ1v) is 4.41. The second kappa shape index (κ2) is 3.67. The predicted molar refractivity (Wildman–Crippen MR) is 43.6 cm³/mol. The van der Waals surface area contributed by atoms with Gasteiger partial charge in [-0.05, 0) is 25.3 Å². The van der Waals surface area contributed by atoms with E-state index >= 15 is 0 Å². The summed E-state index contributed by atoms with van der Waals surface area (Å²) in [4.78, 5) is 3.93. The minimum Gasteiger partial charge on any atom is -0.343 e. The molecule has 1 aliphatic rings. The van der Waals surface area contributed by atoms with E-state index in [4.69, 9.17) is 0 Å². The highest BCUT2D eigenvalue weighted by Gasteiger charge is 2.19. The minimum atomic E-state index is 0.790. The average Bonchev–Trinajstić information content (AvgIpc) is 2.76. The van der Waals surface area contributed by atoms with Gasteiger partial charge in [0.2, 0.25) is 6.39 Å². The molecule has 0 atom stereocenters. The van der Waals surface area contributed by atoms with Crippen molar-refractivity contribution in [1.29, 1.82) is 0 Å². The molecule has 1 fully saturated rings. The fourth-order valence-electron chi connectivity index (χ4n) is 1.13. The third-order valence-corrected chi connectivity index (χ3v) is 2.06. The molecule has 2 rings (SSSR count). The number of nitrogens with zero attached hydrogens (tertiary/aromatic N) is 2. The fourth-order valence-corrected chi connectivity index (χ4v) is 1.13. The average molecular weight is 167 g/mol. The molecule has 4 nitrogen and oxygen atoms in total. The summed E-state index contributed by atoms with van der Waals surface area (Å²) in [7, 11) is 0. The largest absolute Gasteiger partial charge is 0.343 e. The van der Waals surface area contributed by atoms with E-state index in [0.717, 1.165) is 31.3 Å². The van der Waals surface area contributed by atoms with Crippen molar-refractivity contribution < 1.29 is 4.52 Å². The highest BCUT2D eigenvalue weighted by Crippen LogP contribution is 2.27. The maximum atomic E-state index is 4.62. The second-order valence-corrected chi connectivity index (χ2v) is 3.24. The van der Waals surface area contributed by atoms with Crippen LogP contribution >= 0.6 is 0 Å². The Bertz CT molecular complexity index is 218. The molecule has 0 saturated heterocycles. The third kappa shape index (κ3) is 2.30. The number of nitrogens with one attached hydrogen (secondary N) is 1. The molecule has 1 aliphatic carbocycles. The first-order chi connectivity index (χ1) is 5.95. The third-order valence-electron chi connectivity index (χ3n) is 2.06. The van der Waals surface area contributed by atoms with Crippen molar-refractivity contribution in [3.63, 3.8) is 0 Å². The van der Waals surface area contributed by atoms with Crippen molar-refractivity contribution in [2.24, 2.45) is 5.92 Å². The Hall–Kier alpha value is -0.900. The topological polar surface area (TPSA) is 51.0 Å². The Morgan fingerprint density at radius 1 is 1.58 bits per heavy atom. The lowest BCUT2D eigenvalue weighted by molar-refractivity contribution is 0.409. The van der Waals surface area contributed by atoms with Crippen LogP contribution < -0.4 is 5.32 Å². The van der Waals surface area contributed by atoms with Crippen molar-refractivity contribution in [3.05, 3.63) is 12.2 Å². The van der Waals surface area contributed by atoms with Crippen molar-refractivity contribution in [2.45, 2.75) is 19.3 Å². The van der Waals surface area contributed by atoms with Gasteiger partial charge in [-0.1, -0.05) is 5.16 Å². The van der Waals surface area contributed by atoms with E-state index in [1.165, 1.54) is 19.2 Å². The van der Waals surface area contributed by atoms with E-state index in [9.17, 15) is 0 Å². The van der Waals surface area contributed by atoms with E-state index in [1.54, 1.807) is 0 Å². The number of hydrogen-bond donors (Lipinski definition) is 1. The van der Waals surface area contributed by atoms with E-state index in [-0.39, 0.29) is 0 Å². The summed E-state index contributed by atoms with van der Waals surface area (Å²) in [6.07, 6.45) is 5.03. The highest BCUT2D eigenvalue weighted by atomic mass is 16.5. The zero-order valence-electron chi connectivity index (χ0n) is 6.99. The Balaban J connectivity index is 1.56. The van der Waals surface area contributed by atoms with Crippen LogP contribution in [0.15, 0.2) is 10.9 Å². The molecule has 1 aromatic rings. The van der Waals surface area contributed by atoms with Crippen LogP contribution in [-0.4, -0.2) is 23.2 Å². The van der Waals surface area contributed by atoms with Gasteiger partial charge in [-0.2, -0.15) is 4.98 Å². The van der Waals surface area contributed by atoms with E-state index in [0.29, 0.717) is 0 Å². The minimum absolute atomic E-state index is 0.790. The molecule has 0 aliphatic heterocycles. The summed E-state index contributed by atoms with van der Waals surface area (Å²) in [5.41, 5.74) is 0. The van der Waals surface area contributed by atoms with E-state index in [1.807, 2.05) is 0 Å².